The number of benzene rings is 2. The number of amides is 2. The van der Waals surface area contributed by atoms with E-state index in [9.17, 15) is 9.59 Å². The summed E-state index contributed by atoms with van der Waals surface area (Å²) < 4.78 is 5.45. The lowest BCUT2D eigenvalue weighted by atomic mass is 10.0. The van der Waals surface area contributed by atoms with Crippen LogP contribution in [0.4, 0.5) is 10.5 Å². The lowest BCUT2D eigenvalue weighted by molar-refractivity contribution is 0.0588. The summed E-state index contributed by atoms with van der Waals surface area (Å²) in [4.78, 5) is 31.7. The number of ether oxygens (including phenoxy) is 1. The molecule has 1 atom stereocenters. The van der Waals surface area contributed by atoms with Crippen LogP contribution in [0.3, 0.4) is 0 Å². The zero-order chi connectivity index (χ0) is 25.2. The highest BCUT2D eigenvalue weighted by atomic mass is 16.6. The van der Waals surface area contributed by atoms with Crippen LogP contribution in [0.5, 0.6) is 0 Å². The Kier molecular flexibility index (Phi) is 6.69. The zero-order valence-electron chi connectivity index (χ0n) is 20.7. The highest BCUT2D eigenvalue weighted by Gasteiger charge is 2.34. The molecule has 0 radical (unpaired) electrons. The number of aromatic nitrogens is 1. The van der Waals surface area contributed by atoms with E-state index in [1.54, 1.807) is 13.2 Å². The summed E-state index contributed by atoms with van der Waals surface area (Å²) in [5.74, 6) is -0.170. The van der Waals surface area contributed by atoms with Crippen LogP contribution < -0.4 is 4.90 Å². The van der Waals surface area contributed by atoms with Gasteiger partial charge in [-0.2, -0.15) is 5.10 Å². The lowest BCUT2D eigenvalue weighted by Gasteiger charge is -2.24. The third kappa shape index (κ3) is 5.57. The van der Waals surface area contributed by atoms with E-state index in [-0.39, 0.29) is 11.9 Å². The quantitative estimate of drug-likeness (QED) is 0.486. The molecule has 7 heteroatoms. The molecular formula is C28H30N4O3. The Balaban J connectivity index is 1.60. The number of hydrazone groups is 1. The third-order valence-electron chi connectivity index (χ3n) is 5.70. The summed E-state index contributed by atoms with van der Waals surface area (Å²) in [6, 6.07) is 20.4. The van der Waals surface area contributed by atoms with Gasteiger partial charge in [-0.05, 0) is 69.7 Å². The molecule has 0 saturated heterocycles. The Labute approximate surface area is 206 Å². The fraction of sp³-hybridized carbons (Fsp3) is 0.286. The molecule has 4 rings (SSSR count). The van der Waals surface area contributed by atoms with Gasteiger partial charge < -0.3 is 4.74 Å². The van der Waals surface area contributed by atoms with Gasteiger partial charge in [0.1, 0.15) is 11.6 Å². The first-order chi connectivity index (χ1) is 16.6. The van der Waals surface area contributed by atoms with E-state index >= 15 is 0 Å². The molecule has 1 aliphatic heterocycles. The van der Waals surface area contributed by atoms with Crippen molar-refractivity contribution in [2.45, 2.75) is 45.8 Å². The molecule has 35 heavy (non-hydrogen) atoms. The average molecular weight is 471 g/mol. The number of nitrogens with zero attached hydrogens (tertiary/aromatic N) is 4. The molecular weight excluding hydrogens is 440 g/mol. The van der Waals surface area contributed by atoms with E-state index < -0.39 is 11.7 Å². The standard InChI is InChI=1S/C28H30N4O3/c1-19-9-11-21(12-10-19)26(33)32-25(23-8-6-7-17-29-23)18-24(30-32)20-13-15-22(16-14-20)31(5)27(34)35-28(2,3)4/h6-17,25H,18H2,1-5H3. The number of rotatable bonds is 4. The minimum absolute atomic E-state index is 0.170. The Hall–Kier alpha value is -4.00. The van der Waals surface area contributed by atoms with Crippen LogP contribution in [-0.2, 0) is 4.74 Å². The highest BCUT2D eigenvalue weighted by molar-refractivity contribution is 6.05. The monoisotopic (exact) mass is 470 g/mol. The Bertz CT molecular complexity index is 1230. The second-order valence-corrected chi connectivity index (χ2v) is 9.62. The summed E-state index contributed by atoms with van der Waals surface area (Å²) in [6.45, 7) is 7.49. The molecule has 1 unspecified atom stereocenters. The van der Waals surface area contributed by atoms with Crippen molar-refractivity contribution in [1.82, 2.24) is 9.99 Å². The van der Waals surface area contributed by atoms with Crippen molar-refractivity contribution < 1.29 is 14.3 Å². The number of hydrogen-bond donors (Lipinski definition) is 0. The first-order valence-corrected chi connectivity index (χ1v) is 11.6. The fourth-order valence-corrected chi connectivity index (χ4v) is 3.82. The highest BCUT2D eigenvalue weighted by Crippen LogP contribution is 2.33. The van der Waals surface area contributed by atoms with Crippen molar-refractivity contribution in [3.8, 4) is 0 Å². The minimum Gasteiger partial charge on any atom is -0.443 e. The number of anilines is 1. The number of carbonyl (C=O) groups excluding carboxylic acids is 2. The van der Waals surface area contributed by atoms with E-state index in [2.05, 4.69) is 4.98 Å². The van der Waals surface area contributed by atoms with Crippen LogP contribution >= 0.6 is 0 Å². The fourth-order valence-electron chi connectivity index (χ4n) is 3.82. The smallest absolute Gasteiger partial charge is 0.414 e. The lowest BCUT2D eigenvalue weighted by Crippen LogP contribution is -2.34. The topological polar surface area (TPSA) is 75.1 Å². The van der Waals surface area contributed by atoms with Crippen molar-refractivity contribution in [1.29, 1.82) is 0 Å². The first-order valence-electron chi connectivity index (χ1n) is 11.6. The summed E-state index contributed by atoms with van der Waals surface area (Å²) in [5.41, 5.74) is 4.25. The molecule has 1 aliphatic rings. The molecule has 0 bridgehead atoms. The van der Waals surface area contributed by atoms with Crippen molar-refractivity contribution in [3.63, 3.8) is 0 Å². The summed E-state index contributed by atoms with van der Waals surface area (Å²) in [7, 11) is 1.68. The predicted octanol–water partition coefficient (Wildman–Crippen LogP) is 5.75. The molecule has 0 fully saturated rings. The number of hydrogen-bond acceptors (Lipinski definition) is 5. The maximum Gasteiger partial charge on any atom is 0.414 e. The first kappa shape index (κ1) is 24.1. The van der Waals surface area contributed by atoms with Gasteiger partial charge in [-0.3, -0.25) is 14.7 Å². The van der Waals surface area contributed by atoms with E-state index in [1.807, 2.05) is 94.4 Å². The van der Waals surface area contributed by atoms with Crippen molar-refractivity contribution in [3.05, 3.63) is 95.3 Å². The Morgan fingerprint density at radius 1 is 1.00 bits per heavy atom. The van der Waals surface area contributed by atoms with Gasteiger partial charge in [0.05, 0.1) is 11.4 Å². The molecule has 2 amide bonds. The van der Waals surface area contributed by atoms with Gasteiger partial charge in [0, 0.05) is 30.9 Å². The van der Waals surface area contributed by atoms with Crippen LogP contribution in [0, 0.1) is 6.92 Å². The Morgan fingerprint density at radius 3 is 2.29 bits per heavy atom. The normalized spacial score (nSPS) is 15.5. The molecule has 0 aliphatic carbocycles. The second kappa shape index (κ2) is 9.70. The van der Waals surface area contributed by atoms with Gasteiger partial charge in [0.2, 0.25) is 0 Å². The van der Waals surface area contributed by atoms with Crippen LogP contribution in [-0.4, -0.2) is 40.4 Å². The third-order valence-corrected chi connectivity index (χ3v) is 5.70. The minimum atomic E-state index is -0.572. The molecule has 0 saturated carbocycles. The van der Waals surface area contributed by atoms with Crippen LogP contribution in [0.15, 0.2) is 78.0 Å². The van der Waals surface area contributed by atoms with Gasteiger partial charge >= 0.3 is 6.09 Å². The predicted molar refractivity (Wildman–Crippen MR) is 137 cm³/mol. The molecule has 180 valence electrons. The van der Waals surface area contributed by atoms with E-state index in [1.165, 1.54) is 9.91 Å². The van der Waals surface area contributed by atoms with Crippen LogP contribution in [0.25, 0.3) is 0 Å². The number of aryl methyl sites for hydroxylation is 1. The molecule has 7 nitrogen and oxygen atoms in total. The summed E-state index contributed by atoms with van der Waals surface area (Å²) in [6.07, 6.45) is 1.84. The molecule has 2 heterocycles. The van der Waals surface area contributed by atoms with Gasteiger partial charge in [0.15, 0.2) is 0 Å². The Morgan fingerprint density at radius 2 is 1.69 bits per heavy atom. The van der Waals surface area contributed by atoms with Crippen molar-refractivity contribution in [2.24, 2.45) is 5.10 Å². The van der Waals surface area contributed by atoms with Crippen LogP contribution in [0.1, 0.15) is 60.4 Å². The van der Waals surface area contributed by atoms with Crippen molar-refractivity contribution in [2.75, 3.05) is 11.9 Å². The van der Waals surface area contributed by atoms with Gasteiger partial charge in [-0.15, -0.1) is 0 Å². The molecule has 3 aromatic rings. The van der Waals surface area contributed by atoms with E-state index in [0.29, 0.717) is 17.7 Å². The molecule has 0 spiro atoms. The number of pyridine rings is 1. The van der Waals surface area contributed by atoms with E-state index in [4.69, 9.17) is 9.84 Å². The SMILES string of the molecule is Cc1ccc(C(=O)N2N=C(c3ccc(N(C)C(=O)OC(C)(C)C)cc3)CC2c2ccccn2)cc1. The summed E-state index contributed by atoms with van der Waals surface area (Å²) >= 11 is 0. The van der Waals surface area contributed by atoms with Crippen molar-refractivity contribution >= 4 is 23.4 Å². The van der Waals surface area contributed by atoms with Gasteiger partial charge in [-0.25, -0.2) is 9.80 Å². The average Bonchev–Trinajstić information content (AvgIpc) is 3.29. The number of carbonyl (C=O) groups is 2. The second-order valence-electron chi connectivity index (χ2n) is 9.62. The van der Waals surface area contributed by atoms with Gasteiger partial charge in [-0.1, -0.05) is 35.9 Å². The molecule has 1 aromatic heterocycles. The maximum absolute atomic E-state index is 13.4. The molecule has 2 aromatic carbocycles. The maximum atomic E-state index is 13.4. The molecule has 0 N–H and O–H groups in total. The zero-order valence-corrected chi connectivity index (χ0v) is 20.7. The van der Waals surface area contributed by atoms with Gasteiger partial charge in [0.25, 0.3) is 5.91 Å². The van der Waals surface area contributed by atoms with E-state index in [0.717, 1.165) is 22.5 Å². The largest absolute Gasteiger partial charge is 0.443 e. The summed E-state index contributed by atoms with van der Waals surface area (Å²) in [5, 5.41) is 6.26. The van der Waals surface area contributed by atoms with Crippen LogP contribution in [0.2, 0.25) is 0 Å².